The number of aromatic nitrogens is 3. The first-order valence-electron chi connectivity index (χ1n) is 3.93. The van der Waals surface area contributed by atoms with Gasteiger partial charge in [-0.3, -0.25) is 14.2 Å². The van der Waals surface area contributed by atoms with Gasteiger partial charge < -0.3 is 5.11 Å². The summed E-state index contributed by atoms with van der Waals surface area (Å²) in [5, 5.41) is 12.4. The SMILES string of the molecule is O=C(O)Cn1cnn2cccc2c1=O. The average Bonchev–Trinajstić information content (AvgIpc) is 2.57. The first-order chi connectivity index (χ1) is 6.68. The molecule has 2 heterocycles. The van der Waals surface area contributed by atoms with E-state index in [9.17, 15) is 9.59 Å². The number of fused-ring (bicyclic) bond motifs is 1. The lowest BCUT2D eigenvalue weighted by Crippen LogP contribution is -2.25. The van der Waals surface area contributed by atoms with E-state index in [1.54, 1.807) is 18.3 Å². The van der Waals surface area contributed by atoms with E-state index in [1.807, 2.05) is 0 Å². The highest BCUT2D eigenvalue weighted by Crippen LogP contribution is 1.94. The van der Waals surface area contributed by atoms with Crippen molar-refractivity contribution in [2.45, 2.75) is 6.54 Å². The zero-order valence-corrected chi connectivity index (χ0v) is 7.12. The first kappa shape index (κ1) is 8.49. The van der Waals surface area contributed by atoms with Gasteiger partial charge in [0.1, 0.15) is 18.4 Å². The average molecular weight is 193 g/mol. The Morgan fingerprint density at radius 1 is 1.57 bits per heavy atom. The molecule has 0 fully saturated rings. The Morgan fingerprint density at radius 3 is 3.07 bits per heavy atom. The van der Waals surface area contributed by atoms with Gasteiger partial charge in [0.2, 0.25) is 0 Å². The fourth-order valence-corrected chi connectivity index (χ4v) is 1.22. The monoisotopic (exact) mass is 193 g/mol. The summed E-state index contributed by atoms with van der Waals surface area (Å²) in [7, 11) is 0. The van der Waals surface area contributed by atoms with Gasteiger partial charge in [0.25, 0.3) is 5.56 Å². The molecule has 0 radical (unpaired) electrons. The van der Waals surface area contributed by atoms with Gasteiger partial charge >= 0.3 is 5.97 Å². The molecule has 0 aliphatic heterocycles. The van der Waals surface area contributed by atoms with Crippen LogP contribution in [0.3, 0.4) is 0 Å². The predicted molar refractivity (Wildman–Crippen MR) is 47.1 cm³/mol. The number of carbonyl (C=O) groups is 1. The number of aliphatic carboxylic acids is 1. The van der Waals surface area contributed by atoms with Crippen LogP contribution in [0.2, 0.25) is 0 Å². The van der Waals surface area contributed by atoms with Crippen LogP contribution in [0.15, 0.2) is 29.5 Å². The van der Waals surface area contributed by atoms with Crippen LogP contribution in [0, 0.1) is 0 Å². The molecule has 14 heavy (non-hydrogen) atoms. The number of rotatable bonds is 2. The normalized spacial score (nSPS) is 10.6. The van der Waals surface area contributed by atoms with E-state index in [0.29, 0.717) is 5.52 Å². The summed E-state index contributed by atoms with van der Waals surface area (Å²) >= 11 is 0. The van der Waals surface area contributed by atoms with E-state index < -0.39 is 5.97 Å². The van der Waals surface area contributed by atoms with Gasteiger partial charge in [0.15, 0.2) is 0 Å². The summed E-state index contributed by atoms with van der Waals surface area (Å²) < 4.78 is 2.46. The molecule has 0 bridgehead atoms. The molecule has 0 aliphatic carbocycles. The molecule has 72 valence electrons. The van der Waals surface area contributed by atoms with Crippen LogP contribution >= 0.6 is 0 Å². The second-order valence-corrected chi connectivity index (χ2v) is 2.80. The van der Waals surface area contributed by atoms with Crippen LogP contribution in [0.1, 0.15) is 0 Å². The van der Waals surface area contributed by atoms with Crippen molar-refractivity contribution in [2.75, 3.05) is 0 Å². The van der Waals surface area contributed by atoms with Crippen molar-refractivity contribution in [3.63, 3.8) is 0 Å². The lowest BCUT2D eigenvalue weighted by atomic mass is 10.5. The van der Waals surface area contributed by atoms with Crippen LogP contribution < -0.4 is 5.56 Å². The van der Waals surface area contributed by atoms with Crippen molar-refractivity contribution in [3.8, 4) is 0 Å². The van der Waals surface area contributed by atoms with E-state index in [2.05, 4.69) is 5.10 Å². The molecule has 0 unspecified atom stereocenters. The molecule has 0 saturated carbocycles. The van der Waals surface area contributed by atoms with E-state index in [1.165, 1.54) is 10.8 Å². The van der Waals surface area contributed by atoms with Crippen LogP contribution in [0.5, 0.6) is 0 Å². The summed E-state index contributed by atoms with van der Waals surface area (Å²) in [6.07, 6.45) is 2.84. The molecule has 0 saturated heterocycles. The lowest BCUT2D eigenvalue weighted by molar-refractivity contribution is -0.137. The van der Waals surface area contributed by atoms with Gasteiger partial charge in [-0.2, -0.15) is 5.10 Å². The van der Waals surface area contributed by atoms with Crippen molar-refractivity contribution in [2.24, 2.45) is 0 Å². The van der Waals surface area contributed by atoms with Crippen molar-refractivity contribution in [1.29, 1.82) is 0 Å². The van der Waals surface area contributed by atoms with Gasteiger partial charge in [-0.05, 0) is 12.1 Å². The molecule has 2 aromatic heterocycles. The van der Waals surface area contributed by atoms with Gasteiger partial charge in [0, 0.05) is 6.20 Å². The molecule has 0 amide bonds. The molecule has 0 atom stereocenters. The van der Waals surface area contributed by atoms with E-state index in [0.717, 1.165) is 4.57 Å². The first-order valence-corrected chi connectivity index (χ1v) is 3.93. The summed E-state index contributed by atoms with van der Waals surface area (Å²) in [6.45, 7) is -0.368. The standard InChI is InChI=1S/C8H7N3O3/c12-7(13)4-10-5-9-11-3-1-2-6(11)8(10)14/h1-3,5H,4H2,(H,12,13). The zero-order valence-electron chi connectivity index (χ0n) is 7.12. The van der Waals surface area contributed by atoms with Gasteiger partial charge in [-0.15, -0.1) is 0 Å². The Kier molecular flexibility index (Phi) is 1.81. The fraction of sp³-hybridized carbons (Fsp3) is 0.125. The second kappa shape index (κ2) is 2.99. The molecular weight excluding hydrogens is 186 g/mol. The van der Waals surface area contributed by atoms with Crippen LogP contribution in [0.25, 0.3) is 5.52 Å². The highest BCUT2D eigenvalue weighted by Gasteiger charge is 2.05. The molecule has 2 aromatic rings. The quantitative estimate of drug-likeness (QED) is 0.702. The third-order valence-electron chi connectivity index (χ3n) is 1.83. The summed E-state index contributed by atoms with van der Waals surface area (Å²) in [4.78, 5) is 22.0. The number of hydrogen-bond acceptors (Lipinski definition) is 3. The largest absolute Gasteiger partial charge is 0.480 e. The molecule has 6 heteroatoms. The number of hydrogen-bond donors (Lipinski definition) is 1. The topological polar surface area (TPSA) is 76.6 Å². The Morgan fingerprint density at radius 2 is 2.36 bits per heavy atom. The fourth-order valence-electron chi connectivity index (χ4n) is 1.22. The van der Waals surface area contributed by atoms with Crippen molar-refractivity contribution in [1.82, 2.24) is 14.2 Å². The molecular formula is C8H7N3O3. The van der Waals surface area contributed by atoms with E-state index in [4.69, 9.17) is 5.11 Å². The minimum absolute atomic E-state index is 0.354. The third-order valence-corrected chi connectivity index (χ3v) is 1.83. The van der Waals surface area contributed by atoms with Crippen LogP contribution in [-0.2, 0) is 11.3 Å². The highest BCUT2D eigenvalue weighted by atomic mass is 16.4. The van der Waals surface area contributed by atoms with E-state index in [-0.39, 0.29) is 12.1 Å². The third kappa shape index (κ3) is 1.26. The van der Waals surface area contributed by atoms with Crippen molar-refractivity contribution < 1.29 is 9.90 Å². The molecule has 0 aliphatic rings. The molecule has 6 nitrogen and oxygen atoms in total. The molecule has 0 aromatic carbocycles. The lowest BCUT2D eigenvalue weighted by Gasteiger charge is -2.00. The van der Waals surface area contributed by atoms with Crippen LogP contribution in [0.4, 0.5) is 0 Å². The smallest absolute Gasteiger partial charge is 0.323 e. The van der Waals surface area contributed by atoms with Crippen LogP contribution in [-0.4, -0.2) is 25.3 Å². The molecule has 1 N–H and O–H groups in total. The van der Waals surface area contributed by atoms with Gasteiger partial charge in [-0.25, -0.2) is 4.52 Å². The minimum atomic E-state index is -1.06. The zero-order chi connectivity index (χ0) is 10.1. The predicted octanol–water partition coefficient (Wildman–Crippen LogP) is -0.419. The molecule has 0 spiro atoms. The summed E-state index contributed by atoms with van der Waals surface area (Å²) in [6, 6.07) is 3.27. The minimum Gasteiger partial charge on any atom is -0.480 e. The Labute approximate surface area is 78.0 Å². The van der Waals surface area contributed by atoms with Gasteiger partial charge in [0.05, 0.1) is 0 Å². The number of nitrogens with zero attached hydrogens (tertiary/aromatic N) is 3. The maximum atomic E-state index is 11.6. The van der Waals surface area contributed by atoms with Crippen molar-refractivity contribution >= 4 is 11.5 Å². The Balaban J connectivity index is 2.62. The van der Waals surface area contributed by atoms with E-state index >= 15 is 0 Å². The Hall–Kier alpha value is -2.11. The van der Waals surface area contributed by atoms with Crippen molar-refractivity contribution in [3.05, 3.63) is 35.0 Å². The highest BCUT2D eigenvalue weighted by molar-refractivity contribution is 5.66. The Bertz CT molecular complexity index is 540. The second-order valence-electron chi connectivity index (χ2n) is 2.80. The summed E-state index contributed by atoms with van der Waals surface area (Å²) in [5.41, 5.74) is 0.0150. The number of carboxylic acids is 1. The maximum Gasteiger partial charge on any atom is 0.323 e. The maximum absolute atomic E-state index is 11.6. The number of carboxylic acid groups (broad SMARTS) is 1. The molecule has 2 rings (SSSR count). The summed E-state index contributed by atoms with van der Waals surface area (Å²) in [5.74, 6) is -1.06. The van der Waals surface area contributed by atoms with Gasteiger partial charge in [-0.1, -0.05) is 0 Å².